The minimum absolute atomic E-state index is 0.00336. The van der Waals surface area contributed by atoms with Gasteiger partial charge in [-0.25, -0.2) is 0 Å². The number of allylic oxidation sites excluding steroid dienone is 1. The van der Waals surface area contributed by atoms with Gasteiger partial charge in [-0.2, -0.15) is 13.2 Å². The fourth-order valence-electron chi connectivity index (χ4n) is 4.45. The van der Waals surface area contributed by atoms with Gasteiger partial charge in [-0.15, -0.1) is 0 Å². The van der Waals surface area contributed by atoms with Crippen LogP contribution in [0.15, 0.2) is 35.5 Å². The molecule has 0 saturated heterocycles. The second kappa shape index (κ2) is 7.94. The van der Waals surface area contributed by atoms with Crippen LogP contribution in [0.3, 0.4) is 0 Å². The van der Waals surface area contributed by atoms with Crippen LogP contribution in [-0.2, 0) is 9.59 Å². The summed E-state index contributed by atoms with van der Waals surface area (Å²) in [6, 6.07) is 5.76. The number of carbonyl (C=O) groups is 3. The molecule has 1 atom stereocenters. The first kappa shape index (κ1) is 23.8. The highest BCUT2D eigenvalue weighted by Crippen LogP contribution is 2.52. The summed E-state index contributed by atoms with van der Waals surface area (Å²) in [5, 5.41) is 1.92. The zero-order valence-electron chi connectivity index (χ0n) is 18.7. The summed E-state index contributed by atoms with van der Waals surface area (Å²) in [4.78, 5) is 40.5. The molecule has 1 aliphatic carbocycles. The fraction of sp³-hybridized carbons (Fsp3) is 0.522. The van der Waals surface area contributed by atoms with Gasteiger partial charge in [0.15, 0.2) is 5.78 Å². The lowest BCUT2D eigenvalue weighted by atomic mass is 9.72. The molecule has 0 radical (unpaired) electrons. The van der Waals surface area contributed by atoms with Gasteiger partial charge in [0.05, 0.1) is 18.2 Å². The molecule has 1 heterocycles. The van der Waals surface area contributed by atoms with E-state index in [1.807, 2.05) is 5.32 Å². The summed E-state index contributed by atoms with van der Waals surface area (Å²) in [7, 11) is 1.28. The zero-order valence-corrected chi connectivity index (χ0v) is 18.7. The Morgan fingerprint density at radius 1 is 1.19 bits per heavy atom. The van der Waals surface area contributed by atoms with Crippen molar-refractivity contribution in [2.24, 2.45) is 11.3 Å². The quantitative estimate of drug-likeness (QED) is 0.736. The van der Waals surface area contributed by atoms with Crippen LogP contribution in [-0.4, -0.2) is 47.9 Å². The molecule has 0 saturated carbocycles. The van der Waals surface area contributed by atoms with Crippen LogP contribution < -0.4 is 10.1 Å². The molecule has 1 aromatic carbocycles. The maximum Gasteiger partial charge on any atom is 0.425 e. The van der Waals surface area contributed by atoms with Gasteiger partial charge in [0.1, 0.15) is 5.75 Å². The molecule has 1 unspecified atom stereocenters. The summed E-state index contributed by atoms with van der Waals surface area (Å²) >= 11 is 0. The minimum atomic E-state index is -5.23. The number of amides is 2. The van der Waals surface area contributed by atoms with E-state index in [0.717, 1.165) is 4.90 Å². The number of carbonyl (C=O) groups excluding carboxylic acids is 3. The van der Waals surface area contributed by atoms with Crippen molar-refractivity contribution >= 4 is 17.6 Å². The summed E-state index contributed by atoms with van der Waals surface area (Å²) in [5.74, 6) is -3.38. The van der Waals surface area contributed by atoms with E-state index in [0.29, 0.717) is 0 Å². The largest absolute Gasteiger partial charge is 0.496 e. The van der Waals surface area contributed by atoms with Gasteiger partial charge >= 0.3 is 6.18 Å². The third-order valence-corrected chi connectivity index (χ3v) is 5.74. The van der Waals surface area contributed by atoms with Crippen molar-refractivity contribution in [3.05, 3.63) is 41.1 Å². The van der Waals surface area contributed by atoms with Crippen LogP contribution in [0.25, 0.3) is 0 Å². The van der Waals surface area contributed by atoms with Gasteiger partial charge in [0.2, 0.25) is 5.54 Å². The third kappa shape index (κ3) is 3.78. The molecule has 2 aliphatic rings. The number of para-hydroxylation sites is 1. The van der Waals surface area contributed by atoms with Crippen LogP contribution in [0.4, 0.5) is 13.2 Å². The van der Waals surface area contributed by atoms with Gasteiger partial charge < -0.3 is 15.0 Å². The van der Waals surface area contributed by atoms with Crippen LogP contribution in [0.1, 0.15) is 50.9 Å². The highest BCUT2D eigenvalue weighted by Gasteiger charge is 2.71. The molecule has 0 aromatic heterocycles. The highest BCUT2D eigenvalue weighted by atomic mass is 19.4. The van der Waals surface area contributed by atoms with Crippen molar-refractivity contribution in [1.82, 2.24) is 10.2 Å². The summed E-state index contributed by atoms with van der Waals surface area (Å²) in [6.07, 6.45) is -5.27. The Morgan fingerprint density at radius 2 is 1.81 bits per heavy atom. The predicted molar refractivity (Wildman–Crippen MR) is 111 cm³/mol. The normalized spacial score (nSPS) is 23.0. The van der Waals surface area contributed by atoms with Gasteiger partial charge in [0, 0.05) is 18.7 Å². The number of hydrogen-bond donors (Lipinski definition) is 1. The number of rotatable bonds is 5. The second-order valence-corrected chi connectivity index (χ2v) is 9.47. The van der Waals surface area contributed by atoms with Crippen molar-refractivity contribution in [2.75, 3.05) is 13.7 Å². The summed E-state index contributed by atoms with van der Waals surface area (Å²) < 4.78 is 49.2. The van der Waals surface area contributed by atoms with E-state index in [1.54, 1.807) is 33.8 Å². The van der Waals surface area contributed by atoms with E-state index in [4.69, 9.17) is 4.74 Å². The molecule has 3 rings (SSSR count). The number of ether oxygens (including phenoxy) is 1. The minimum Gasteiger partial charge on any atom is -0.496 e. The molecule has 32 heavy (non-hydrogen) atoms. The Hall–Kier alpha value is -2.84. The summed E-state index contributed by atoms with van der Waals surface area (Å²) in [6.45, 7) is 7.08. The Balaban J connectivity index is 2.21. The molecule has 0 spiro atoms. The number of nitrogens with one attached hydrogen (secondary N) is 1. The van der Waals surface area contributed by atoms with Crippen molar-refractivity contribution in [3.63, 3.8) is 0 Å². The summed E-state index contributed by atoms with van der Waals surface area (Å²) in [5.41, 5.74) is -4.84. The molecule has 1 N–H and O–H groups in total. The predicted octanol–water partition coefficient (Wildman–Crippen LogP) is 3.87. The molecule has 6 nitrogen and oxygen atoms in total. The average molecular weight is 452 g/mol. The van der Waals surface area contributed by atoms with Gasteiger partial charge in [0.25, 0.3) is 11.8 Å². The molecule has 9 heteroatoms. The highest BCUT2D eigenvalue weighted by molar-refractivity contribution is 6.14. The lowest BCUT2D eigenvalue weighted by Crippen LogP contribution is -2.66. The lowest BCUT2D eigenvalue weighted by molar-refractivity contribution is -0.190. The average Bonchev–Trinajstić information content (AvgIpc) is 2.89. The maximum absolute atomic E-state index is 14.7. The van der Waals surface area contributed by atoms with E-state index < -0.39 is 40.3 Å². The molecule has 0 bridgehead atoms. The number of ketones is 1. The van der Waals surface area contributed by atoms with Gasteiger partial charge in [-0.05, 0) is 29.9 Å². The Kier molecular flexibility index (Phi) is 5.91. The number of methoxy groups -OCH3 is 1. The van der Waals surface area contributed by atoms with Crippen LogP contribution in [0.2, 0.25) is 0 Å². The fourth-order valence-corrected chi connectivity index (χ4v) is 4.45. The van der Waals surface area contributed by atoms with E-state index in [1.165, 1.54) is 25.3 Å². The second-order valence-electron chi connectivity index (χ2n) is 9.47. The molecular formula is C23H27F3N2O4. The van der Waals surface area contributed by atoms with Crippen molar-refractivity contribution in [2.45, 2.75) is 52.3 Å². The number of Topliss-reactive ketones (excluding diaryl/α,β-unsaturated/α-hetero) is 1. The number of hydrogen-bond acceptors (Lipinski definition) is 4. The monoisotopic (exact) mass is 452 g/mol. The standard InChI is InChI=1S/C23H27F3N2O4/c1-13(2)12-28-15-10-21(3,4)11-16(29)18(15)22(20(28)31,23(24,25)26)27-19(30)14-8-6-7-9-17(14)32-5/h6-9,13H,10-12H2,1-5H3,(H,27,30). The van der Waals surface area contributed by atoms with Gasteiger partial charge in [-0.3, -0.25) is 14.4 Å². The maximum atomic E-state index is 14.7. The molecular weight excluding hydrogens is 425 g/mol. The van der Waals surface area contributed by atoms with Crippen LogP contribution >= 0.6 is 0 Å². The first-order valence-electron chi connectivity index (χ1n) is 10.4. The van der Waals surface area contributed by atoms with Crippen LogP contribution in [0.5, 0.6) is 5.75 Å². The zero-order chi connectivity index (χ0) is 24.1. The molecule has 1 aromatic rings. The SMILES string of the molecule is COc1ccccc1C(=O)NC1(C(F)(F)F)C(=O)N(CC(C)C)C2=C1C(=O)CC(C)(C)C2. The molecule has 1 aliphatic heterocycles. The van der Waals surface area contributed by atoms with E-state index in [2.05, 4.69) is 0 Å². The smallest absolute Gasteiger partial charge is 0.425 e. The molecule has 2 amide bonds. The topological polar surface area (TPSA) is 75.7 Å². The Morgan fingerprint density at radius 3 is 2.38 bits per heavy atom. The van der Waals surface area contributed by atoms with Gasteiger partial charge in [-0.1, -0.05) is 39.8 Å². The molecule has 0 fully saturated rings. The number of alkyl halides is 3. The van der Waals surface area contributed by atoms with Crippen LogP contribution in [0, 0.1) is 11.3 Å². The van der Waals surface area contributed by atoms with E-state index >= 15 is 0 Å². The number of benzene rings is 1. The third-order valence-electron chi connectivity index (χ3n) is 5.74. The number of halogens is 3. The Labute approximate surface area is 184 Å². The van der Waals surface area contributed by atoms with Crippen molar-refractivity contribution in [1.29, 1.82) is 0 Å². The van der Waals surface area contributed by atoms with Crippen molar-refractivity contribution in [3.8, 4) is 5.75 Å². The first-order chi connectivity index (χ1) is 14.7. The first-order valence-corrected chi connectivity index (χ1v) is 10.4. The number of nitrogens with zero attached hydrogens (tertiary/aromatic N) is 1. The lowest BCUT2D eigenvalue weighted by Gasteiger charge is -2.35. The molecule has 174 valence electrons. The Bertz CT molecular complexity index is 997. The van der Waals surface area contributed by atoms with E-state index in [-0.39, 0.29) is 42.3 Å². The van der Waals surface area contributed by atoms with Crippen molar-refractivity contribution < 1.29 is 32.3 Å². The van der Waals surface area contributed by atoms with E-state index in [9.17, 15) is 27.6 Å².